The van der Waals surface area contributed by atoms with E-state index in [0.29, 0.717) is 5.92 Å². The number of aromatic amines is 2. The molecule has 3 N–H and O–H groups in total. The number of H-pyrrole nitrogens is 2. The van der Waals surface area contributed by atoms with Crippen molar-refractivity contribution in [2.24, 2.45) is 5.92 Å². The number of nitrogens with zero attached hydrogens (tertiary/aromatic N) is 4. The molecule has 0 atom stereocenters. The maximum absolute atomic E-state index is 4.61. The highest BCUT2D eigenvalue weighted by atomic mass is 15.1. The number of pyridine rings is 3. The summed E-state index contributed by atoms with van der Waals surface area (Å²) < 4.78 is 0. The van der Waals surface area contributed by atoms with Gasteiger partial charge in [-0.25, -0.2) is 4.98 Å². The van der Waals surface area contributed by atoms with Crippen LogP contribution in [0.15, 0.2) is 67.4 Å². The highest BCUT2D eigenvalue weighted by molar-refractivity contribution is 5.96. The van der Waals surface area contributed by atoms with Crippen molar-refractivity contribution in [2.45, 2.75) is 12.8 Å². The van der Waals surface area contributed by atoms with Gasteiger partial charge in [-0.05, 0) is 49.1 Å². The zero-order chi connectivity index (χ0) is 20.1. The minimum Gasteiger partial charge on any atom is -0.358 e. The lowest BCUT2D eigenvalue weighted by Gasteiger charge is -2.09. The molecule has 0 aromatic carbocycles. The third-order valence-corrected chi connectivity index (χ3v) is 5.50. The number of fused-ring (bicyclic) bond motifs is 2. The van der Waals surface area contributed by atoms with Crippen LogP contribution >= 0.6 is 0 Å². The Morgan fingerprint density at radius 2 is 2.03 bits per heavy atom. The predicted molar refractivity (Wildman–Crippen MR) is 118 cm³/mol. The molecule has 1 fully saturated rings. The molecular weight excluding hydrogens is 374 g/mol. The molecule has 5 heterocycles. The normalized spacial score (nSPS) is 13.7. The van der Waals surface area contributed by atoms with Crippen LogP contribution in [-0.4, -0.2) is 30.1 Å². The molecule has 7 heteroatoms. The van der Waals surface area contributed by atoms with Gasteiger partial charge in [-0.15, -0.1) is 0 Å². The van der Waals surface area contributed by atoms with E-state index < -0.39 is 0 Å². The van der Waals surface area contributed by atoms with Gasteiger partial charge in [0, 0.05) is 34.4 Å². The lowest BCUT2D eigenvalue weighted by molar-refractivity contribution is 1.02. The Kier molecular flexibility index (Phi) is 3.67. The zero-order valence-electron chi connectivity index (χ0n) is 16.2. The van der Waals surface area contributed by atoms with Crippen molar-refractivity contribution >= 4 is 27.6 Å². The topological polar surface area (TPSA) is 95.2 Å². The second kappa shape index (κ2) is 6.52. The van der Waals surface area contributed by atoms with Crippen LogP contribution in [0.1, 0.15) is 12.8 Å². The van der Waals surface area contributed by atoms with Crippen LogP contribution in [0.25, 0.3) is 44.6 Å². The van der Waals surface area contributed by atoms with E-state index in [1.807, 2.05) is 36.8 Å². The van der Waals surface area contributed by atoms with E-state index in [1.165, 1.54) is 12.8 Å². The Hall–Kier alpha value is -4.00. The Morgan fingerprint density at radius 1 is 1.10 bits per heavy atom. The van der Waals surface area contributed by atoms with Gasteiger partial charge < -0.3 is 10.3 Å². The average molecular weight is 393 g/mol. The number of rotatable bonds is 5. The summed E-state index contributed by atoms with van der Waals surface area (Å²) in [6.45, 7) is 4.14. The smallest absolute Gasteiger partial charge is 0.137 e. The van der Waals surface area contributed by atoms with E-state index in [0.717, 1.165) is 56.0 Å². The van der Waals surface area contributed by atoms with Gasteiger partial charge in [-0.2, -0.15) is 5.10 Å². The maximum atomic E-state index is 4.61. The van der Waals surface area contributed by atoms with Gasteiger partial charge in [0.1, 0.15) is 11.3 Å². The SMILES string of the molecule is C=C(Nc1cncc(-c2cc3c(-c4cc5cccnc5[nH]4)n[nH]c3cn2)c1)C1CC1. The van der Waals surface area contributed by atoms with E-state index in [9.17, 15) is 0 Å². The number of hydrogen-bond donors (Lipinski definition) is 3. The number of aromatic nitrogens is 6. The van der Waals surface area contributed by atoms with Crippen molar-refractivity contribution in [1.29, 1.82) is 0 Å². The van der Waals surface area contributed by atoms with Crippen LogP contribution in [0.5, 0.6) is 0 Å². The van der Waals surface area contributed by atoms with Gasteiger partial charge in [0.25, 0.3) is 0 Å². The third-order valence-electron chi connectivity index (χ3n) is 5.50. The van der Waals surface area contributed by atoms with Crippen molar-refractivity contribution < 1.29 is 0 Å². The molecule has 0 saturated heterocycles. The summed E-state index contributed by atoms with van der Waals surface area (Å²) in [5.74, 6) is 0.586. The van der Waals surface area contributed by atoms with Gasteiger partial charge in [0.2, 0.25) is 0 Å². The molecule has 30 heavy (non-hydrogen) atoms. The van der Waals surface area contributed by atoms with Crippen molar-refractivity contribution in [2.75, 3.05) is 5.32 Å². The molecule has 1 aliphatic carbocycles. The molecule has 0 radical (unpaired) electrons. The molecule has 7 nitrogen and oxygen atoms in total. The monoisotopic (exact) mass is 393 g/mol. The van der Waals surface area contributed by atoms with E-state index >= 15 is 0 Å². The molecule has 1 saturated carbocycles. The van der Waals surface area contributed by atoms with E-state index in [4.69, 9.17) is 0 Å². The van der Waals surface area contributed by atoms with Gasteiger partial charge in [-0.3, -0.25) is 15.1 Å². The molecule has 5 aromatic heterocycles. The van der Waals surface area contributed by atoms with E-state index in [-0.39, 0.29) is 0 Å². The first-order chi connectivity index (χ1) is 14.7. The van der Waals surface area contributed by atoms with Gasteiger partial charge in [0.05, 0.1) is 35.0 Å². The molecule has 146 valence electrons. The number of nitrogens with one attached hydrogen (secondary N) is 3. The highest BCUT2D eigenvalue weighted by Gasteiger charge is 2.24. The predicted octanol–water partition coefficient (Wildman–Crippen LogP) is 4.90. The summed E-state index contributed by atoms with van der Waals surface area (Å²) in [6.07, 6.45) is 9.65. The number of hydrogen-bond acceptors (Lipinski definition) is 5. The molecule has 0 unspecified atom stereocenters. The summed E-state index contributed by atoms with van der Waals surface area (Å²) in [5, 5.41) is 13.0. The summed E-state index contributed by atoms with van der Waals surface area (Å²) in [4.78, 5) is 16.7. The van der Waals surface area contributed by atoms with E-state index in [1.54, 1.807) is 6.20 Å². The molecule has 6 rings (SSSR count). The van der Waals surface area contributed by atoms with Crippen molar-refractivity contribution in [1.82, 2.24) is 30.1 Å². The standard InChI is InChI=1S/C23H19N7/c1-13(14-4-5-14)27-17-7-16(10-24-11-17)19-9-18-21(12-26-19)29-30-22(18)20-8-15-3-2-6-25-23(15)28-20/h2-3,6-12,14,27H,1,4-5H2,(H,25,28)(H,29,30). The minimum atomic E-state index is 0.586. The van der Waals surface area contributed by atoms with Gasteiger partial charge in [0.15, 0.2) is 0 Å². The highest BCUT2D eigenvalue weighted by Crippen LogP contribution is 2.36. The average Bonchev–Trinajstić information content (AvgIpc) is 3.40. The third kappa shape index (κ3) is 2.91. The van der Waals surface area contributed by atoms with Crippen LogP contribution in [-0.2, 0) is 0 Å². The summed E-state index contributed by atoms with van der Waals surface area (Å²) >= 11 is 0. The summed E-state index contributed by atoms with van der Waals surface area (Å²) in [5.41, 5.74) is 7.25. The fourth-order valence-electron chi connectivity index (χ4n) is 3.73. The minimum absolute atomic E-state index is 0.586. The molecule has 1 aliphatic rings. The van der Waals surface area contributed by atoms with Crippen LogP contribution in [0.3, 0.4) is 0 Å². The lowest BCUT2D eigenvalue weighted by Crippen LogP contribution is -2.00. The van der Waals surface area contributed by atoms with Gasteiger partial charge in [-0.1, -0.05) is 6.58 Å². The summed E-state index contributed by atoms with van der Waals surface area (Å²) in [6, 6.07) is 10.1. The van der Waals surface area contributed by atoms with Crippen molar-refractivity contribution in [3.05, 3.63) is 67.4 Å². The lowest BCUT2D eigenvalue weighted by atomic mass is 10.1. The fraction of sp³-hybridized carbons (Fsp3) is 0.130. The largest absolute Gasteiger partial charge is 0.358 e. The second-order valence-electron chi connectivity index (χ2n) is 7.70. The molecule has 0 bridgehead atoms. The molecular formula is C23H19N7. The molecule has 0 aliphatic heterocycles. The maximum Gasteiger partial charge on any atom is 0.137 e. The first-order valence-electron chi connectivity index (χ1n) is 9.94. The Labute approximate surface area is 172 Å². The van der Waals surface area contributed by atoms with Gasteiger partial charge >= 0.3 is 0 Å². The first kappa shape index (κ1) is 16.9. The summed E-state index contributed by atoms with van der Waals surface area (Å²) in [7, 11) is 0. The molecule has 0 amide bonds. The molecule has 5 aromatic rings. The number of anilines is 1. The zero-order valence-corrected chi connectivity index (χ0v) is 16.2. The van der Waals surface area contributed by atoms with Crippen LogP contribution in [0, 0.1) is 5.92 Å². The van der Waals surface area contributed by atoms with Crippen LogP contribution in [0.2, 0.25) is 0 Å². The van der Waals surface area contributed by atoms with E-state index in [2.05, 4.69) is 54.2 Å². The van der Waals surface area contributed by atoms with Crippen LogP contribution < -0.4 is 5.32 Å². The Balaban J connectivity index is 1.40. The Bertz CT molecular complexity index is 1370. The van der Waals surface area contributed by atoms with Crippen LogP contribution in [0.4, 0.5) is 5.69 Å². The first-order valence-corrected chi connectivity index (χ1v) is 9.94. The molecule has 0 spiro atoms. The second-order valence-corrected chi connectivity index (χ2v) is 7.70. The fourth-order valence-corrected chi connectivity index (χ4v) is 3.73. The Morgan fingerprint density at radius 3 is 2.90 bits per heavy atom. The van der Waals surface area contributed by atoms with Crippen molar-refractivity contribution in [3.63, 3.8) is 0 Å². The van der Waals surface area contributed by atoms with Crippen molar-refractivity contribution in [3.8, 4) is 22.6 Å². The number of allylic oxidation sites excluding steroid dienone is 1. The quantitative estimate of drug-likeness (QED) is 0.395.